The Morgan fingerprint density at radius 3 is 2.33 bits per heavy atom. The molecule has 1 atom stereocenters. The summed E-state index contributed by atoms with van der Waals surface area (Å²) in [6.45, 7) is 6.52. The molecule has 0 spiro atoms. The van der Waals surface area contributed by atoms with Crippen molar-refractivity contribution >= 4 is 0 Å². The summed E-state index contributed by atoms with van der Waals surface area (Å²) in [4.78, 5) is 0. The summed E-state index contributed by atoms with van der Waals surface area (Å²) < 4.78 is 1.96. The normalized spacial score (nSPS) is 26.3. The van der Waals surface area contributed by atoms with Crippen molar-refractivity contribution in [3.63, 3.8) is 0 Å². The second-order valence-corrected chi connectivity index (χ2v) is 5.92. The minimum Gasteiger partial charge on any atom is -0.324 e. The van der Waals surface area contributed by atoms with Gasteiger partial charge in [-0.25, -0.2) is 0 Å². The van der Waals surface area contributed by atoms with Crippen LogP contribution in [0.25, 0.3) is 0 Å². The molecule has 1 aliphatic carbocycles. The average molecular weight is 249 g/mol. The molecule has 0 amide bonds. The lowest BCUT2D eigenvalue weighted by atomic mass is 9.76. The highest BCUT2D eigenvalue weighted by Crippen LogP contribution is 2.38. The van der Waals surface area contributed by atoms with Crippen LogP contribution in [-0.4, -0.2) is 9.78 Å². The molecule has 1 aliphatic rings. The first-order valence-corrected chi connectivity index (χ1v) is 7.30. The third kappa shape index (κ3) is 2.46. The van der Waals surface area contributed by atoms with E-state index < -0.39 is 0 Å². The predicted molar refractivity (Wildman–Crippen MR) is 75.3 cm³/mol. The minimum atomic E-state index is 0.177. The molecule has 102 valence electrons. The van der Waals surface area contributed by atoms with Gasteiger partial charge in [0.25, 0.3) is 0 Å². The average Bonchev–Trinajstić information content (AvgIpc) is 2.63. The molecular weight excluding hydrogens is 222 g/mol. The SMILES string of the molecule is CCC1CCC(C(N)c2c(C)nn(C)c2C)CC1. The summed E-state index contributed by atoms with van der Waals surface area (Å²) in [7, 11) is 2.01. The molecule has 1 fully saturated rings. The molecule has 18 heavy (non-hydrogen) atoms. The first-order chi connectivity index (χ1) is 8.54. The number of nitrogens with zero attached hydrogens (tertiary/aromatic N) is 2. The monoisotopic (exact) mass is 249 g/mol. The van der Waals surface area contributed by atoms with E-state index in [1.165, 1.54) is 43.4 Å². The number of hydrogen-bond acceptors (Lipinski definition) is 2. The van der Waals surface area contributed by atoms with Gasteiger partial charge in [-0.05, 0) is 38.5 Å². The topological polar surface area (TPSA) is 43.8 Å². The van der Waals surface area contributed by atoms with Crippen LogP contribution in [0.15, 0.2) is 0 Å². The number of hydrogen-bond donors (Lipinski definition) is 1. The van der Waals surface area contributed by atoms with Crippen LogP contribution in [0.5, 0.6) is 0 Å². The largest absolute Gasteiger partial charge is 0.324 e. The summed E-state index contributed by atoms with van der Waals surface area (Å²) >= 11 is 0. The summed E-state index contributed by atoms with van der Waals surface area (Å²) in [6.07, 6.45) is 6.61. The van der Waals surface area contributed by atoms with Crippen molar-refractivity contribution in [3.05, 3.63) is 17.0 Å². The molecule has 1 aromatic heterocycles. The third-order valence-corrected chi connectivity index (χ3v) is 4.87. The number of aryl methyl sites for hydroxylation is 2. The van der Waals surface area contributed by atoms with Crippen molar-refractivity contribution in [3.8, 4) is 0 Å². The second kappa shape index (κ2) is 5.43. The van der Waals surface area contributed by atoms with Crippen molar-refractivity contribution in [1.82, 2.24) is 9.78 Å². The van der Waals surface area contributed by atoms with Crippen molar-refractivity contribution in [2.75, 3.05) is 0 Å². The molecule has 0 radical (unpaired) electrons. The van der Waals surface area contributed by atoms with Gasteiger partial charge in [-0.1, -0.05) is 26.2 Å². The highest BCUT2D eigenvalue weighted by Gasteiger charge is 2.28. The third-order valence-electron chi connectivity index (χ3n) is 4.87. The number of rotatable bonds is 3. The lowest BCUT2D eigenvalue weighted by Crippen LogP contribution is -2.26. The van der Waals surface area contributed by atoms with E-state index >= 15 is 0 Å². The van der Waals surface area contributed by atoms with Gasteiger partial charge < -0.3 is 5.73 Å². The summed E-state index contributed by atoms with van der Waals surface area (Å²) in [6, 6.07) is 0.177. The fourth-order valence-corrected chi connectivity index (χ4v) is 3.46. The highest BCUT2D eigenvalue weighted by molar-refractivity contribution is 5.28. The van der Waals surface area contributed by atoms with Crippen LogP contribution < -0.4 is 5.73 Å². The highest BCUT2D eigenvalue weighted by atomic mass is 15.3. The van der Waals surface area contributed by atoms with E-state index in [0.29, 0.717) is 5.92 Å². The van der Waals surface area contributed by atoms with Gasteiger partial charge in [-0.15, -0.1) is 0 Å². The van der Waals surface area contributed by atoms with Gasteiger partial charge in [-0.2, -0.15) is 5.10 Å². The zero-order valence-corrected chi connectivity index (χ0v) is 12.2. The van der Waals surface area contributed by atoms with Crippen molar-refractivity contribution < 1.29 is 0 Å². The van der Waals surface area contributed by atoms with E-state index in [0.717, 1.165) is 11.6 Å². The first-order valence-electron chi connectivity index (χ1n) is 7.30. The maximum atomic E-state index is 6.52. The Morgan fingerprint density at radius 1 is 1.28 bits per heavy atom. The maximum absolute atomic E-state index is 6.52. The van der Waals surface area contributed by atoms with E-state index in [1.54, 1.807) is 0 Å². The summed E-state index contributed by atoms with van der Waals surface area (Å²) in [5.41, 5.74) is 10.2. The van der Waals surface area contributed by atoms with Gasteiger partial charge in [0.05, 0.1) is 5.69 Å². The van der Waals surface area contributed by atoms with Gasteiger partial charge in [-0.3, -0.25) is 4.68 Å². The standard InChI is InChI=1S/C15H27N3/c1-5-12-6-8-13(9-7-12)15(16)14-10(2)17-18(4)11(14)3/h12-13,15H,5-9,16H2,1-4H3. The first kappa shape index (κ1) is 13.6. The molecule has 1 saturated carbocycles. The van der Waals surface area contributed by atoms with Crippen LogP contribution in [-0.2, 0) is 7.05 Å². The number of nitrogens with two attached hydrogens (primary N) is 1. The van der Waals surface area contributed by atoms with Crippen LogP contribution in [0.4, 0.5) is 0 Å². The molecular formula is C15H27N3. The Balaban J connectivity index is 2.10. The smallest absolute Gasteiger partial charge is 0.0644 e. The molecule has 1 unspecified atom stereocenters. The Bertz CT molecular complexity index is 400. The van der Waals surface area contributed by atoms with E-state index in [9.17, 15) is 0 Å². The Labute approximate surface area is 111 Å². The lowest BCUT2D eigenvalue weighted by molar-refractivity contribution is 0.239. The Hall–Kier alpha value is -0.830. The van der Waals surface area contributed by atoms with E-state index in [-0.39, 0.29) is 6.04 Å². The summed E-state index contributed by atoms with van der Waals surface area (Å²) in [5.74, 6) is 1.58. The zero-order valence-electron chi connectivity index (χ0n) is 12.2. The van der Waals surface area contributed by atoms with Crippen LogP contribution >= 0.6 is 0 Å². The molecule has 2 N–H and O–H groups in total. The zero-order chi connectivity index (χ0) is 13.3. The lowest BCUT2D eigenvalue weighted by Gasteiger charge is -2.32. The van der Waals surface area contributed by atoms with Crippen molar-refractivity contribution in [2.24, 2.45) is 24.6 Å². The minimum absolute atomic E-state index is 0.177. The van der Waals surface area contributed by atoms with E-state index in [4.69, 9.17) is 5.73 Å². The molecule has 2 rings (SSSR count). The van der Waals surface area contributed by atoms with Crippen LogP contribution in [0.2, 0.25) is 0 Å². The molecule has 3 nitrogen and oxygen atoms in total. The Kier molecular flexibility index (Phi) is 4.10. The molecule has 0 aliphatic heterocycles. The van der Waals surface area contributed by atoms with E-state index in [1.807, 2.05) is 11.7 Å². The van der Waals surface area contributed by atoms with Gasteiger partial charge in [0.2, 0.25) is 0 Å². The van der Waals surface area contributed by atoms with Crippen LogP contribution in [0.3, 0.4) is 0 Å². The fraction of sp³-hybridized carbons (Fsp3) is 0.800. The van der Waals surface area contributed by atoms with Gasteiger partial charge in [0.15, 0.2) is 0 Å². The quantitative estimate of drug-likeness (QED) is 0.893. The Morgan fingerprint density at radius 2 is 1.89 bits per heavy atom. The van der Waals surface area contributed by atoms with Gasteiger partial charge in [0.1, 0.15) is 0 Å². The fourth-order valence-electron chi connectivity index (χ4n) is 3.46. The maximum Gasteiger partial charge on any atom is 0.0644 e. The molecule has 0 saturated heterocycles. The molecule has 1 heterocycles. The van der Waals surface area contributed by atoms with Crippen LogP contribution in [0.1, 0.15) is 62.0 Å². The van der Waals surface area contributed by atoms with Crippen molar-refractivity contribution in [1.29, 1.82) is 0 Å². The predicted octanol–water partition coefficient (Wildman–Crippen LogP) is 3.25. The second-order valence-electron chi connectivity index (χ2n) is 5.92. The van der Waals surface area contributed by atoms with Crippen LogP contribution in [0, 0.1) is 25.7 Å². The molecule has 0 bridgehead atoms. The van der Waals surface area contributed by atoms with Gasteiger partial charge in [0, 0.05) is 24.3 Å². The van der Waals surface area contributed by atoms with Gasteiger partial charge >= 0.3 is 0 Å². The summed E-state index contributed by atoms with van der Waals surface area (Å²) in [5, 5.41) is 4.49. The molecule has 3 heteroatoms. The molecule has 0 aromatic carbocycles. The number of aromatic nitrogens is 2. The van der Waals surface area contributed by atoms with E-state index in [2.05, 4.69) is 25.9 Å². The molecule has 1 aromatic rings. The van der Waals surface area contributed by atoms with Crippen molar-refractivity contribution in [2.45, 2.75) is 58.9 Å².